The minimum absolute atomic E-state index is 0.0872. The standard InChI is InChI=1S/C20H20BrNO5/c21-15-8-14(9-17(11-15)27-12-16-5-3-7-26-16)20(25)22-18-6-2-1-4-13(18)10-19(23)24/h1-2,4,6,8-9,11,16H,3,5,7,10,12H2,(H,22,25)(H,23,24). The van der Waals surface area contributed by atoms with E-state index in [2.05, 4.69) is 21.2 Å². The van der Waals surface area contributed by atoms with Crippen molar-refractivity contribution in [1.29, 1.82) is 0 Å². The fourth-order valence-electron chi connectivity index (χ4n) is 2.90. The summed E-state index contributed by atoms with van der Waals surface area (Å²) >= 11 is 3.40. The molecule has 0 aromatic heterocycles. The highest BCUT2D eigenvalue weighted by Gasteiger charge is 2.17. The lowest BCUT2D eigenvalue weighted by atomic mass is 10.1. The molecule has 1 saturated heterocycles. The number of hydrogen-bond donors (Lipinski definition) is 2. The van der Waals surface area contributed by atoms with Crippen LogP contribution in [0.3, 0.4) is 0 Å². The summed E-state index contributed by atoms with van der Waals surface area (Å²) in [6, 6.07) is 12.0. The zero-order chi connectivity index (χ0) is 19.2. The van der Waals surface area contributed by atoms with Crippen LogP contribution in [0.1, 0.15) is 28.8 Å². The number of rotatable bonds is 7. The molecule has 2 aromatic carbocycles. The lowest BCUT2D eigenvalue weighted by Gasteiger charge is -2.14. The first kappa shape index (κ1) is 19.4. The van der Waals surface area contributed by atoms with Gasteiger partial charge in [-0.2, -0.15) is 0 Å². The molecule has 142 valence electrons. The van der Waals surface area contributed by atoms with E-state index in [1.807, 2.05) is 0 Å². The van der Waals surface area contributed by atoms with Crippen LogP contribution in [0.25, 0.3) is 0 Å². The average molecular weight is 434 g/mol. The number of carbonyl (C=O) groups excluding carboxylic acids is 1. The Morgan fingerprint density at radius 2 is 2.07 bits per heavy atom. The van der Waals surface area contributed by atoms with Crippen LogP contribution in [-0.2, 0) is 16.0 Å². The van der Waals surface area contributed by atoms with Gasteiger partial charge in [-0.25, -0.2) is 0 Å². The average Bonchev–Trinajstić information content (AvgIpc) is 3.14. The summed E-state index contributed by atoms with van der Waals surface area (Å²) in [6.45, 7) is 1.20. The van der Waals surface area contributed by atoms with Crippen molar-refractivity contribution in [2.75, 3.05) is 18.5 Å². The molecule has 0 bridgehead atoms. The van der Waals surface area contributed by atoms with Crippen LogP contribution >= 0.6 is 15.9 Å². The first-order valence-electron chi connectivity index (χ1n) is 8.67. The van der Waals surface area contributed by atoms with Gasteiger partial charge in [-0.1, -0.05) is 34.1 Å². The zero-order valence-electron chi connectivity index (χ0n) is 14.6. The molecule has 1 atom stereocenters. The molecule has 2 N–H and O–H groups in total. The largest absolute Gasteiger partial charge is 0.491 e. The van der Waals surface area contributed by atoms with E-state index in [0.717, 1.165) is 23.9 Å². The highest BCUT2D eigenvalue weighted by molar-refractivity contribution is 9.10. The van der Waals surface area contributed by atoms with Crippen molar-refractivity contribution in [1.82, 2.24) is 0 Å². The van der Waals surface area contributed by atoms with Gasteiger partial charge in [0.25, 0.3) is 5.91 Å². The smallest absolute Gasteiger partial charge is 0.307 e. The molecule has 1 aliphatic rings. The number of para-hydroxylation sites is 1. The Morgan fingerprint density at radius 3 is 2.81 bits per heavy atom. The summed E-state index contributed by atoms with van der Waals surface area (Å²) in [4.78, 5) is 23.7. The number of aliphatic carboxylic acids is 1. The second-order valence-corrected chi connectivity index (χ2v) is 7.22. The first-order chi connectivity index (χ1) is 13.0. The van der Waals surface area contributed by atoms with E-state index in [-0.39, 0.29) is 18.4 Å². The highest BCUT2D eigenvalue weighted by atomic mass is 79.9. The van der Waals surface area contributed by atoms with Crippen molar-refractivity contribution in [3.05, 3.63) is 58.1 Å². The van der Waals surface area contributed by atoms with Crippen LogP contribution in [0.2, 0.25) is 0 Å². The maximum absolute atomic E-state index is 12.7. The van der Waals surface area contributed by atoms with Crippen LogP contribution in [0.15, 0.2) is 46.9 Å². The Kier molecular flexibility index (Phi) is 6.47. The number of nitrogens with one attached hydrogen (secondary N) is 1. The quantitative estimate of drug-likeness (QED) is 0.691. The van der Waals surface area contributed by atoms with E-state index >= 15 is 0 Å². The molecule has 1 fully saturated rings. The van der Waals surface area contributed by atoms with Gasteiger partial charge in [-0.3, -0.25) is 9.59 Å². The summed E-state index contributed by atoms with van der Waals surface area (Å²) in [7, 11) is 0. The van der Waals surface area contributed by atoms with Crippen LogP contribution in [-0.4, -0.2) is 36.3 Å². The molecule has 2 aromatic rings. The number of carbonyl (C=O) groups is 2. The fraction of sp³-hybridized carbons (Fsp3) is 0.300. The number of anilines is 1. The molecular weight excluding hydrogens is 414 g/mol. The number of benzene rings is 2. The van der Waals surface area contributed by atoms with Gasteiger partial charge in [-0.15, -0.1) is 0 Å². The van der Waals surface area contributed by atoms with Crippen molar-refractivity contribution in [2.24, 2.45) is 0 Å². The lowest BCUT2D eigenvalue weighted by Crippen LogP contribution is -2.17. The summed E-state index contributed by atoms with van der Waals surface area (Å²) in [6.07, 6.45) is 1.94. The number of carboxylic acid groups (broad SMARTS) is 1. The number of amides is 1. The van der Waals surface area contributed by atoms with E-state index in [9.17, 15) is 9.59 Å². The molecule has 0 saturated carbocycles. The van der Waals surface area contributed by atoms with E-state index in [4.69, 9.17) is 14.6 Å². The molecule has 0 radical (unpaired) electrons. The van der Waals surface area contributed by atoms with Crippen LogP contribution in [0, 0.1) is 0 Å². The molecule has 27 heavy (non-hydrogen) atoms. The molecule has 3 rings (SSSR count). The predicted molar refractivity (Wildman–Crippen MR) is 104 cm³/mol. The number of hydrogen-bond acceptors (Lipinski definition) is 4. The molecule has 1 amide bonds. The highest BCUT2D eigenvalue weighted by Crippen LogP contribution is 2.24. The third-order valence-electron chi connectivity index (χ3n) is 4.20. The lowest BCUT2D eigenvalue weighted by molar-refractivity contribution is -0.136. The van der Waals surface area contributed by atoms with Crippen molar-refractivity contribution in [3.63, 3.8) is 0 Å². The van der Waals surface area contributed by atoms with E-state index < -0.39 is 5.97 Å². The SMILES string of the molecule is O=C(O)Cc1ccccc1NC(=O)c1cc(Br)cc(OCC2CCCO2)c1. The summed E-state index contributed by atoms with van der Waals surface area (Å²) in [5.74, 6) is -0.719. The second kappa shape index (κ2) is 9.01. The predicted octanol–water partition coefficient (Wildman–Crippen LogP) is 3.89. The Morgan fingerprint density at radius 1 is 1.26 bits per heavy atom. The van der Waals surface area contributed by atoms with Crippen LogP contribution in [0.4, 0.5) is 5.69 Å². The molecular formula is C20H20BrNO5. The Balaban J connectivity index is 1.72. The maximum Gasteiger partial charge on any atom is 0.307 e. The third kappa shape index (κ3) is 5.55. The Labute approximate surface area is 165 Å². The van der Waals surface area contributed by atoms with E-state index in [1.54, 1.807) is 42.5 Å². The van der Waals surface area contributed by atoms with Gasteiger partial charge in [0, 0.05) is 22.3 Å². The fourth-order valence-corrected chi connectivity index (χ4v) is 3.37. The van der Waals surface area contributed by atoms with E-state index in [0.29, 0.717) is 29.2 Å². The molecule has 6 nitrogen and oxygen atoms in total. The van der Waals surface area contributed by atoms with Gasteiger partial charge in [0.05, 0.1) is 12.5 Å². The zero-order valence-corrected chi connectivity index (χ0v) is 16.2. The summed E-state index contributed by atoms with van der Waals surface area (Å²) in [5.41, 5.74) is 1.44. The van der Waals surface area contributed by atoms with Crippen molar-refractivity contribution in [2.45, 2.75) is 25.4 Å². The Hall–Kier alpha value is -2.38. The Bertz CT molecular complexity index is 833. The van der Waals surface area contributed by atoms with Crippen molar-refractivity contribution >= 4 is 33.5 Å². The van der Waals surface area contributed by atoms with Crippen molar-refractivity contribution < 1.29 is 24.2 Å². The monoisotopic (exact) mass is 433 g/mol. The molecule has 1 unspecified atom stereocenters. The van der Waals surface area contributed by atoms with E-state index in [1.165, 1.54) is 0 Å². The van der Waals surface area contributed by atoms with Gasteiger partial charge >= 0.3 is 5.97 Å². The number of ether oxygens (including phenoxy) is 2. The molecule has 1 heterocycles. The van der Waals surface area contributed by atoms with Gasteiger partial charge in [0.15, 0.2) is 0 Å². The normalized spacial score (nSPS) is 16.1. The maximum atomic E-state index is 12.7. The second-order valence-electron chi connectivity index (χ2n) is 6.30. The number of carboxylic acids is 1. The molecule has 0 spiro atoms. The summed E-state index contributed by atoms with van der Waals surface area (Å²) < 4.78 is 12.0. The molecule has 1 aliphatic heterocycles. The number of halogens is 1. The molecule has 7 heteroatoms. The third-order valence-corrected chi connectivity index (χ3v) is 4.66. The van der Waals surface area contributed by atoms with Crippen LogP contribution < -0.4 is 10.1 Å². The van der Waals surface area contributed by atoms with Crippen LogP contribution in [0.5, 0.6) is 5.75 Å². The van der Waals surface area contributed by atoms with Gasteiger partial charge in [0.2, 0.25) is 0 Å². The first-order valence-corrected chi connectivity index (χ1v) is 9.46. The van der Waals surface area contributed by atoms with Gasteiger partial charge in [-0.05, 0) is 42.7 Å². The minimum Gasteiger partial charge on any atom is -0.491 e. The van der Waals surface area contributed by atoms with Gasteiger partial charge < -0.3 is 19.9 Å². The topological polar surface area (TPSA) is 84.9 Å². The van der Waals surface area contributed by atoms with Crippen molar-refractivity contribution in [3.8, 4) is 5.75 Å². The molecule has 0 aliphatic carbocycles. The minimum atomic E-state index is -0.955. The van der Waals surface area contributed by atoms with Gasteiger partial charge in [0.1, 0.15) is 12.4 Å². The summed E-state index contributed by atoms with van der Waals surface area (Å²) in [5, 5.41) is 11.8.